The van der Waals surface area contributed by atoms with Gasteiger partial charge < -0.3 is 9.42 Å². The molecule has 174 valence electrons. The Morgan fingerprint density at radius 3 is 2.58 bits per heavy atom. The standard InChI is InChI=1S/C20H16F4N4O4S/c21-14-2-1-3-16(8-14)28(18(29)13-6-7-33(30,31)11-13)10-15-5-4-12(9-25-15)17-26-19(32-27-17)20(22,23)24/h1-5,8-9,13H,6-7,10-11H2. The van der Waals surface area contributed by atoms with Gasteiger partial charge in [-0.2, -0.15) is 18.2 Å². The van der Waals surface area contributed by atoms with Gasteiger partial charge in [-0.3, -0.25) is 9.78 Å². The van der Waals surface area contributed by atoms with Gasteiger partial charge in [0, 0.05) is 17.4 Å². The molecule has 33 heavy (non-hydrogen) atoms. The van der Waals surface area contributed by atoms with Crippen molar-refractivity contribution < 1.29 is 35.3 Å². The Morgan fingerprint density at radius 1 is 1.21 bits per heavy atom. The van der Waals surface area contributed by atoms with Gasteiger partial charge in [-0.15, -0.1) is 0 Å². The highest BCUT2D eigenvalue weighted by atomic mass is 32.2. The van der Waals surface area contributed by atoms with Crippen molar-refractivity contribution in [2.24, 2.45) is 5.92 Å². The Kier molecular flexibility index (Phi) is 5.91. The number of pyridine rings is 1. The van der Waals surface area contributed by atoms with Gasteiger partial charge in [0.15, 0.2) is 9.84 Å². The zero-order chi connectivity index (χ0) is 23.8. The number of anilines is 1. The molecule has 1 saturated heterocycles. The average Bonchev–Trinajstić information content (AvgIpc) is 3.39. The average molecular weight is 484 g/mol. The summed E-state index contributed by atoms with van der Waals surface area (Å²) in [5, 5.41) is 3.29. The van der Waals surface area contributed by atoms with Crippen LogP contribution in [0.5, 0.6) is 0 Å². The fourth-order valence-electron chi connectivity index (χ4n) is 3.42. The predicted octanol–water partition coefficient (Wildman–Crippen LogP) is 3.26. The van der Waals surface area contributed by atoms with Gasteiger partial charge in [0.05, 0.1) is 29.7 Å². The number of amides is 1. The van der Waals surface area contributed by atoms with Crippen LogP contribution in [0.25, 0.3) is 11.4 Å². The molecule has 3 heterocycles. The Balaban J connectivity index is 1.58. The second kappa shape index (κ2) is 8.54. The zero-order valence-electron chi connectivity index (χ0n) is 16.8. The molecule has 0 bridgehead atoms. The highest BCUT2D eigenvalue weighted by Gasteiger charge is 2.39. The smallest absolute Gasteiger partial charge is 0.329 e. The third-order valence-electron chi connectivity index (χ3n) is 5.04. The van der Waals surface area contributed by atoms with Crippen LogP contribution in [0, 0.1) is 11.7 Å². The molecule has 0 aliphatic carbocycles. The lowest BCUT2D eigenvalue weighted by Crippen LogP contribution is -2.36. The summed E-state index contributed by atoms with van der Waals surface area (Å²) in [6, 6.07) is 8.14. The maximum Gasteiger partial charge on any atom is 0.471 e. The molecule has 8 nitrogen and oxygen atoms in total. The summed E-state index contributed by atoms with van der Waals surface area (Å²) < 4.78 is 79.6. The maximum absolute atomic E-state index is 13.8. The molecule has 1 aliphatic rings. The van der Waals surface area contributed by atoms with E-state index in [-0.39, 0.29) is 41.5 Å². The van der Waals surface area contributed by atoms with Crippen LogP contribution in [0.3, 0.4) is 0 Å². The summed E-state index contributed by atoms with van der Waals surface area (Å²) in [7, 11) is -3.32. The maximum atomic E-state index is 13.8. The summed E-state index contributed by atoms with van der Waals surface area (Å²) in [6.45, 7) is -0.112. The molecule has 1 amide bonds. The highest BCUT2D eigenvalue weighted by molar-refractivity contribution is 7.91. The summed E-state index contributed by atoms with van der Waals surface area (Å²) in [6.07, 6.45) is -3.40. The van der Waals surface area contributed by atoms with Crippen molar-refractivity contribution >= 4 is 21.4 Å². The van der Waals surface area contributed by atoms with E-state index in [9.17, 15) is 30.8 Å². The van der Waals surface area contributed by atoms with Crippen LogP contribution in [-0.4, -0.2) is 41.0 Å². The van der Waals surface area contributed by atoms with Crippen molar-refractivity contribution in [2.75, 3.05) is 16.4 Å². The number of hydrogen-bond donors (Lipinski definition) is 0. The van der Waals surface area contributed by atoms with Gasteiger partial charge in [-0.25, -0.2) is 12.8 Å². The van der Waals surface area contributed by atoms with Crippen molar-refractivity contribution in [2.45, 2.75) is 19.1 Å². The van der Waals surface area contributed by atoms with E-state index in [4.69, 9.17) is 0 Å². The number of hydrogen-bond acceptors (Lipinski definition) is 7. The molecule has 0 saturated carbocycles. The Bertz CT molecular complexity index is 1280. The molecule has 3 aromatic rings. The molecular formula is C20H16F4N4O4S. The third-order valence-corrected chi connectivity index (χ3v) is 6.81. The largest absolute Gasteiger partial charge is 0.471 e. The van der Waals surface area contributed by atoms with Gasteiger partial charge >= 0.3 is 12.1 Å². The zero-order valence-corrected chi connectivity index (χ0v) is 17.6. The minimum absolute atomic E-state index is 0.0992. The van der Waals surface area contributed by atoms with E-state index >= 15 is 0 Å². The van der Waals surface area contributed by atoms with Crippen molar-refractivity contribution in [1.82, 2.24) is 15.1 Å². The lowest BCUT2D eigenvalue weighted by atomic mass is 10.1. The van der Waals surface area contributed by atoms with E-state index < -0.39 is 39.5 Å². The van der Waals surface area contributed by atoms with Gasteiger partial charge in [0.2, 0.25) is 11.7 Å². The van der Waals surface area contributed by atoms with Crippen LogP contribution in [0.4, 0.5) is 23.2 Å². The van der Waals surface area contributed by atoms with Crippen molar-refractivity contribution in [1.29, 1.82) is 0 Å². The molecule has 1 unspecified atom stereocenters. The molecule has 0 radical (unpaired) electrons. The number of nitrogens with zero attached hydrogens (tertiary/aromatic N) is 4. The van der Waals surface area contributed by atoms with E-state index in [1.807, 2.05) is 0 Å². The molecule has 0 N–H and O–H groups in total. The van der Waals surface area contributed by atoms with Crippen LogP contribution in [0.2, 0.25) is 0 Å². The lowest BCUT2D eigenvalue weighted by Gasteiger charge is -2.25. The molecule has 1 aliphatic heterocycles. The van der Waals surface area contributed by atoms with Gasteiger partial charge in [-0.1, -0.05) is 11.2 Å². The van der Waals surface area contributed by atoms with Gasteiger partial charge in [0.1, 0.15) is 5.82 Å². The molecule has 2 aromatic heterocycles. The fourth-order valence-corrected chi connectivity index (χ4v) is 5.15. The topological polar surface area (TPSA) is 106 Å². The van der Waals surface area contributed by atoms with Crippen LogP contribution < -0.4 is 4.90 Å². The number of alkyl halides is 3. The summed E-state index contributed by atoms with van der Waals surface area (Å²) in [4.78, 5) is 21.8. The summed E-state index contributed by atoms with van der Waals surface area (Å²) >= 11 is 0. The van der Waals surface area contributed by atoms with E-state index in [2.05, 4.69) is 19.6 Å². The molecule has 0 spiro atoms. The van der Waals surface area contributed by atoms with E-state index in [1.165, 1.54) is 41.4 Å². The highest BCUT2D eigenvalue weighted by Crippen LogP contribution is 2.30. The fraction of sp³-hybridized carbons (Fsp3) is 0.300. The Hall–Kier alpha value is -3.35. The SMILES string of the molecule is O=C(C1CCS(=O)(=O)C1)N(Cc1ccc(-c2noc(C(F)(F)F)n2)cn1)c1cccc(F)c1. The first-order chi connectivity index (χ1) is 15.5. The van der Waals surface area contributed by atoms with Crippen LogP contribution in [0.1, 0.15) is 18.0 Å². The Labute approximate surface area is 185 Å². The van der Waals surface area contributed by atoms with Gasteiger partial charge in [0.25, 0.3) is 0 Å². The number of carbonyl (C=O) groups excluding carboxylic acids is 1. The number of carbonyl (C=O) groups is 1. The monoisotopic (exact) mass is 484 g/mol. The van der Waals surface area contributed by atoms with E-state index in [0.717, 1.165) is 6.07 Å². The lowest BCUT2D eigenvalue weighted by molar-refractivity contribution is -0.159. The first kappa shape index (κ1) is 22.8. The minimum Gasteiger partial charge on any atom is -0.329 e. The number of benzene rings is 1. The van der Waals surface area contributed by atoms with Crippen molar-refractivity contribution in [3.05, 3.63) is 60.0 Å². The second-order valence-corrected chi connectivity index (χ2v) is 9.69. The predicted molar refractivity (Wildman–Crippen MR) is 107 cm³/mol. The van der Waals surface area contributed by atoms with Gasteiger partial charge in [-0.05, 0) is 36.8 Å². The number of aromatic nitrogens is 3. The first-order valence-corrected chi connectivity index (χ1v) is 11.5. The van der Waals surface area contributed by atoms with Crippen LogP contribution in [-0.2, 0) is 27.4 Å². The molecule has 4 rings (SSSR count). The van der Waals surface area contributed by atoms with E-state index in [1.54, 1.807) is 0 Å². The molecule has 1 atom stereocenters. The van der Waals surface area contributed by atoms with Crippen molar-refractivity contribution in [3.8, 4) is 11.4 Å². The number of rotatable bonds is 5. The molecule has 13 heteroatoms. The normalized spacial score (nSPS) is 17.8. The summed E-state index contributed by atoms with van der Waals surface area (Å²) in [5.41, 5.74) is 0.712. The van der Waals surface area contributed by atoms with E-state index in [0.29, 0.717) is 5.69 Å². The van der Waals surface area contributed by atoms with Crippen molar-refractivity contribution in [3.63, 3.8) is 0 Å². The third kappa shape index (κ3) is 5.18. The minimum atomic E-state index is -4.78. The van der Waals surface area contributed by atoms with Crippen LogP contribution in [0.15, 0.2) is 47.1 Å². The number of sulfone groups is 1. The Morgan fingerprint density at radius 2 is 2.00 bits per heavy atom. The quantitative estimate of drug-likeness (QED) is 0.512. The summed E-state index contributed by atoms with van der Waals surface area (Å²) in [5.74, 6) is -4.02. The van der Waals surface area contributed by atoms with Crippen LogP contribution >= 0.6 is 0 Å². The second-order valence-electron chi connectivity index (χ2n) is 7.46. The molecule has 1 fully saturated rings. The molecule has 1 aromatic carbocycles. The number of halogens is 4. The molecular weight excluding hydrogens is 468 g/mol. The first-order valence-electron chi connectivity index (χ1n) is 9.65.